The number of anilines is 1. The molecule has 0 bridgehead atoms. The summed E-state index contributed by atoms with van der Waals surface area (Å²) in [6, 6.07) is 9.01. The number of hydrogen-bond donors (Lipinski definition) is 1. The monoisotopic (exact) mass is 323 g/mol. The Bertz CT molecular complexity index is 846. The van der Waals surface area contributed by atoms with Crippen LogP contribution < -0.4 is 4.90 Å². The molecule has 126 valence electrons. The maximum atomic E-state index is 4.53. The van der Waals surface area contributed by atoms with Gasteiger partial charge in [0.25, 0.3) is 0 Å². The minimum Gasteiger partial charge on any atom is -0.361 e. The fourth-order valence-corrected chi connectivity index (χ4v) is 3.81. The van der Waals surface area contributed by atoms with Gasteiger partial charge in [0.15, 0.2) is 5.82 Å². The van der Waals surface area contributed by atoms with Gasteiger partial charge in [-0.1, -0.05) is 13.3 Å². The van der Waals surface area contributed by atoms with Crippen LogP contribution in [0.1, 0.15) is 33.1 Å². The zero-order valence-electron chi connectivity index (χ0n) is 14.7. The molecule has 1 aliphatic rings. The highest BCUT2D eigenvalue weighted by Gasteiger charge is 2.28. The first kappa shape index (κ1) is 15.2. The van der Waals surface area contributed by atoms with E-state index in [-0.39, 0.29) is 0 Å². The standard InChI is InChI=1S/C19H25N5/c1-4-14-6-5-13(2)24(12-14)19-22-21-18(23(19)3)16-7-8-17-15(11-16)9-10-20-17/h7-11,13-14,20H,4-6,12H2,1-3H3/t13-,14-/m1/s1. The topological polar surface area (TPSA) is 49.7 Å². The van der Waals surface area contributed by atoms with Crippen molar-refractivity contribution in [2.75, 3.05) is 11.4 Å². The molecule has 0 spiro atoms. The lowest BCUT2D eigenvalue weighted by molar-refractivity contribution is 0.353. The van der Waals surface area contributed by atoms with Gasteiger partial charge < -0.3 is 9.88 Å². The predicted octanol–water partition coefficient (Wildman–Crippen LogP) is 3.98. The van der Waals surface area contributed by atoms with Gasteiger partial charge in [-0.25, -0.2) is 0 Å². The highest BCUT2D eigenvalue weighted by atomic mass is 15.4. The van der Waals surface area contributed by atoms with Gasteiger partial charge in [-0.3, -0.25) is 4.57 Å². The number of fused-ring (bicyclic) bond motifs is 1. The number of nitrogens with zero attached hydrogens (tertiary/aromatic N) is 4. The molecule has 1 fully saturated rings. The first-order valence-corrected chi connectivity index (χ1v) is 8.91. The molecule has 24 heavy (non-hydrogen) atoms. The lowest BCUT2D eigenvalue weighted by atomic mass is 9.92. The number of aromatic amines is 1. The van der Waals surface area contributed by atoms with Gasteiger partial charge in [-0.05, 0) is 49.9 Å². The molecule has 1 N–H and O–H groups in total. The van der Waals surface area contributed by atoms with Crippen LogP contribution in [0, 0.1) is 5.92 Å². The molecular formula is C19H25N5. The number of benzene rings is 1. The van der Waals surface area contributed by atoms with Crippen LogP contribution in [0.5, 0.6) is 0 Å². The smallest absolute Gasteiger partial charge is 0.227 e. The molecule has 0 aliphatic carbocycles. The average molecular weight is 323 g/mol. The number of H-pyrrole nitrogens is 1. The van der Waals surface area contributed by atoms with E-state index in [1.54, 1.807) is 0 Å². The van der Waals surface area contributed by atoms with E-state index < -0.39 is 0 Å². The largest absolute Gasteiger partial charge is 0.361 e. The summed E-state index contributed by atoms with van der Waals surface area (Å²) >= 11 is 0. The summed E-state index contributed by atoms with van der Waals surface area (Å²) < 4.78 is 2.14. The van der Waals surface area contributed by atoms with Crippen LogP contribution in [0.4, 0.5) is 5.95 Å². The van der Waals surface area contributed by atoms with Crippen molar-refractivity contribution in [1.82, 2.24) is 19.7 Å². The van der Waals surface area contributed by atoms with Crippen molar-refractivity contribution in [3.63, 3.8) is 0 Å². The van der Waals surface area contributed by atoms with E-state index >= 15 is 0 Å². The van der Waals surface area contributed by atoms with Crippen molar-refractivity contribution < 1.29 is 0 Å². The quantitative estimate of drug-likeness (QED) is 0.793. The molecule has 1 aromatic carbocycles. The molecule has 3 heterocycles. The van der Waals surface area contributed by atoms with E-state index in [4.69, 9.17) is 0 Å². The van der Waals surface area contributed by atoms with Crippen molar-refractivity contribution in [2.24, 2.45) is 13.0 Å². The Kier molecular flexibility index (Phi) is 3.79. The molecule has 2 aromatic heterocycles. The van der Waals surface area contributed by atoms with Crippen molar-refractivity contribution in [1.29, 1.82) is 0 Å². The molecule has 5 heteroatoms. The van der Waals surface area contributed by atoms with Crippen LogP contribution in [0.2, 0.25) is 0 Å². The summed E-state index contributed by atoms with van der Waals surface area (Å²) in [6.45, 7) is 5.67. The molecule has 0 amide bonds. The van der Waals surface area contributed by atoms with Gasteiger partial charge in [0.1, 0.15) is 0 Å². The van der Waals surface area contributed by atoms with E-state index in [1.165, 1.54) is 24.6 Å². The first-order valence-electron chi connectivity index (χ1n) is 8.91. The minimum atomic E-state index is 0.524. The van der Waals surface area contributed by atoms with E-state index in [0.717, 1.165) is 35.3 Å². The zero-order valence-corrected chi connectivity index (χ0v) is 14.7. The van der Waals surface area contributed by atoms with Crippen LogP contribution in [0.3, 0.4) is 0 Å². The predicted molar refractivity (Wildman–Crippen MR) is 98.1 cm³/mol. The molecule has 0 radical (unpaired) electrons. The summed E-state index contributed by atoms with van der Waals surface area (Å²) in [4.78, 5) is 5.67. The zero-order chi connectivity index (χ0) is 16.7. The Hall–Kier alpha value is -2.30. The van der Waals surface area contributed by atoms with Gasteiger partial charge >= 0.3 is 0 Å². The fourth-order valence-electron chi connectivity index (χ4n) is 3.81. The first-order chi connectivity index (χ1) is 11.7. The van der Waals surface area contributed by atoms with Crippen LogP contribution in [0.25, 0.3) is 22.3 Å². The summed E-state index contributed by atoms with van der Waals surface area (Å²) in [6.07, 6.45) is 5.76. The van der Waals surface area contributed by atoms with Crippen molar-refractivity contribution in [2.45, 2.75) is 39.2 Å². The summed E-state index contributed by atoms with van der Waals surface area (Å²) in [5.74, 6) is 2.68. The third kappa shape index (κ3) is 2.48. The molecular weight excluding hydrogens is 298 g/mol. The molecule has 4 rings (SSSR count). The molecule has 1 saturated heterocycles. The lowest BCUT2D eigenvalue weighted by Gasteiger charge is -2.38. The van der Waals surface area contributed by atoms with E-state index in [9.17, 15) is 0 Å². The van der Waals surface area contributed by atoms with Gasteiger partial charge in [0.05, 0.1) is 0 Å². The molecule has 1 aliphatic heterocycles. The Balaban J connectivity index is 1.69. The molecule has 3 aromatic rings. The van der Waals surface area contributed by atoms with Gasteiger partial charge in [0.2, 0.25) is 5.95 Å². The van der Waals surface area contributed by atoms with Crippen LogP contribution >= 0.6 is 0 Å². The van der Waals surface area contributed by atoms with Gasteiger partial charge in [-0.2, -0.15) is 0 Å². The Morgan fingerprint density at radius 2 is 2.08 bits per heavy atom. The van der Waals surface area contributed by atoms with E-state index in [1.807, 2.05) is 6.20 Å². The Labute approximate surface area is 142 Å². The molecule has 0 saturated carbocycles. The van der Waals surface area contributed by atoms with Crippen LogP contribution in [0.15, 0.2) is 30.5 Å². The minimum absolute atomic E-state index is 0.524. The number of rotatable bonds is 3. The SMILES string of the molecule is CC[C@@H]1CC[C@@H](C)N(c2nnc(-c3ccc4[nH]ccc4c3)n2C)C1. The number of aromatic nitrogens is 4. The van der Waals surface area contributed by atoms with Crippen LogP contribution in [-0.4, -0.2) is 32.3 Å². The van der Waals surface area contributed by atoms with E-state index in [0.29, 0.717) is 6.04 Å². The van der Waals surface area contributed by atoms with Crippen molar-refractivity contribution in [3.05, 3.63) is 30.5 Å². The molecule has 2 atom stereocenters. The second-order valence-electron chi connectivity index (χ2n) is 7.02. The van der Waals surface area contributed by atoms with Gasteiger partial charge in [0, 0.05) is 42.3 Å². The number of hydrogen-bond acceptors (Lipinski definition) is 3. The maximum Gasteiger partial charge on any atom is 0.227 e. The second-order valence-corrected chi connectivity index (χ2v) is 7.02. The third-order valence-electron chi connectivity index (χ3n) is 5.48. The summed E-state index contributed by atoms with van der Waals surface area (Å²) in [5, 5.41) is 10.2. The second kappa shape index (κ2) is 5.96. The summed E-state index contributed by atoms with van der Waals surface area (Å²) in [7, 11) is 2.08. The van der Waals surface area contributed by atoms with Gasteiger partial charge in [-0.15, -0.1) is 10.2 Å². The third-order valence-corrected chi connectivity index (χ3v) is 5.48. The van der Waals surface area contributed by atoms with Crippen molar-refractivity contribution >= 4 is 16.9 Å². The summed E-state index contributed by atoms with van der Waals surface area (Å²) in [5.41, 5.74) is 2.26. The number of nitrogens with one attached hydrogen (secondary N) is 1. The van der Waals surface area contributed by atoms with Crippen molar-refractivity contribution in [3.8, 4) is 11.4 Å². The maximum absolute atomic E-state index is 4.53. The average Bonchev–Trinajstić information content (AvgIpc) is 3.21. The highest BCUT2D eigenvalue weighted by Crippen LogP contribution is 2.30. The molecule has 5 nitrogen and oxygen atoms in total. The lowest BCUT2D eigenvalue weighted by Crippen LogP contribution is -2.43. The Morgan fingerprint density at radius 3 is 2.92 bits per heavy atom. The Morgan fingerprint density at radius 1 is 1.21 bits per heavy atom. The molecule has 0 unspecified atom stereocenters. The van der Waals surface area contributed by atoms with E-state index in [2.05, 4.69) is 69.8 Å². The number of piperidine rings is 1. The normalized spacial score (nSPS) is 21.5. The highest BCUT2D eigenvalue weighted by molar-refractivity contribution is 5.84. The fraction of sp³-hybridized carbons (Fsp3) is 0.474. The van der Waals surface area contributed by atoms with Crippen LogP contribution in [-0.2, 0) is 7.05 Å².